The van der Waals surface area contributed by atoms with E-state index in [0.29, 0.717) is 12.5 Å². The van der Waals surface area contributed by atoms with Gasteiger partial charge in [-0.15, -0.1) is 35.3 Å². The van der Waals surface area contributed by atoms with E-state index in [1.807, 2.05) is 7.05 Å². The minimum atomic E-state index is 0. The van der Waals surface area contributed by atoms with Gasteiger partial charge in [-0.3, -0.25) is 4.99 Å². The first kappa shape index (κ1) is 22.3. The van der Waals surface area contributed by atoms with Crippen molar-refractivity contribution >= 4 is 57.9 Å². The fourth-order valence-corrected chi connectivity index (χ4v) is 4.43. The zero-order valence-electron chi connectivity index (χ0n) is 16.3. The summed E-state index contributed by atoms with van der Waals surface area (Å²) in [7, 11) is 1.84. The minimum Gasteiger partial charge on any atom is -0.351 e. The molecule has 150 valence electrons. The van der Waals surface area contributed by atoms with Crippen molar-refractivity contribution in [2.45, 2.75) is 39.7 Å². The molecule has 0 radical (unpaired) electrons. The van der Waals surface area contributed by atoms with Crippen LogP contribution in [0, 0.1) is 0 Å². The fourth-order valence-electron chi connectivity index (χ4n) is 2.80. The number of anilines is 1. The average Bonchev–Trinajstić information content (AvgIpc) is 3.32. The monoisotopic (exact) mass is 521 g/mol. The van der Waals surface area contributed by atoms with Gasteiger partial charge in [0.2, 0.25) is 5.13 Å². The van der Waals surface area contributed by atoms with E-state index in [1.54, 1.807) is 11.3 Å². The number of hydrogen-bond donors (Lipinski definition) is 1. The molecule has 0 atom stereocenters. The summed E-state index contributed by atoms with van der Waals surface area (Å²) in [6, 6.07) is 0. The summed E-state index contributed by atoms with van der Waals surface area (Å²) in [5.41, 5.74) is 1.08. The second-order valence-corrected chi connectivity index (χ2v) is 8.17. The molecule has 0 aliphatic carbocycles. The molecular weight excluding hydrogens is 493 g/mol. The highest BCUT2D eigenvalue weighted by atomic mass is 127. The van der Waals surface area contributed by atoms with Crippen LogP contribution in [0.25, 0.3) is 0 Å². The molecular formula is C17H28IN7S2. The standard InChI is InChI=1S/C17H27N7S2.HI/c1-5-14-21-17(26-22-14)24-8-6-23(7-9-24)16(18-4)19-10-13-11-25-15(20-13)12(2)3;/h11-12H,5-10H2,1-4H3,(H,18,19);1H. The van der Waals surface area contributed by atoms with Crippen LogP contribution in [0.3, 0.4) is 0 Å². The van der Waals surface area contributed by atoms with Gasteiger partial charge >= 0.3 is 0 Å². The van der Waals surface area contributed by atoms with E-state index >= 15 is 0 Å². The van der Waals surface area contributed by atoms with E-state index in [-0.39, 0.29) is 24.0 Å². The lowest BCUT2D eigenvalue weighted by atomic mass is 10.2. The van der Waals surface area contributed by atoms with Crippen LogP contribution in [0.2, 0.25) is 0 Å². The molecule has 1 N–H and O–H groups in total. The van der Waals surface area contributed by atoms with Crippen LogP contribution in [0.5, 0.6) is 0 Å². The summed E-state index contributed by atoms with van der Waals surface area (Å²) in [4.78, 5) is 18.3. The van der Waals surface area contributed by atoms with Crippen LogP contribution in [0.1, 0.15) is 43.2 Å². The average molecular weight is 521 g/mol. The number of guanidine groups is 1. The van der Waals surface area contributed by atoms with Crippen LogP contribution < -0.4 is 10.2 Å². The molecule has 0 amide bonds. The first-order valence-electron chi connectivity index (χ1n) is 9.08. The molecule has 10 heteroatoms. The second kappa shape index (κ2) is 10.5. The largest absolute Gasteiger partial charge is 0.351 e. The molecule has 0 unspecified atom stereocenters. The van der Waals surface area contributed by atoms with Crippen molar-refractivity contribution < 1.29 is 0 Å². The van der Waals surface area contributed by atoms with E-state index in [2.05, 4.69) is 60.6 Å². The number of nitrogens with zero attached hydrogens (tertiary/aromatic N) is 6. The maximum Gasteiger partial charge on any atom is 0.205 e. The van der Waals surface area contributed by atoms with Crippen molar-refractivity contribution in [1.29, 1.82) is 0 Å². The molecule has 1 aliphatic heterocycles. The van der Waals surface area contributed by atoms with Gasteiger partial charge in [0, 0.05) is 62.5 Å². The predicted molar refractivity (Wildman–Crippen MR) is 125 cm³/mol. The van der Waals surface area contributed by atoms with Gasteiger partial charge in [-0.2, -0.15) is 4.37 Å². The third-order valence-corrected chi connectivity index (χ3v) is 6.34. The van der Waals surface area contributed by atoms with Crippen molar-refractivity contribution in [2.24, 2.45) is 4.99 Å². The van der Waals surface area contributed by atoms with Gasteiger partial charge in [-0.05, 0) is 0 Å². The third-order valence-electron chi connectivity index (χ3n) is 4.33. The maximum absolute atomic E-state index is 4.68. The first-order valence-corrected chi connectivity index (χ1v) is 10.7. The molecule has 0 spiro atoms. The molecule has 0 bridgehead atoms. The van der Waals surface area contributed by atoms with Gasteiger partial charge in [0.25, 0.3) is 0 Å². The smallest absolute Gasteiger partial charge is 0.205 e. The summed E-state index contributed by atoms with van der Waals surface area (Å²) in [6.07, 6.45) is 0.891. The number of piperazine rings is 1. The minimum absolute atomic E-state index is 0. The first-order chi connectivity index (χ1) is 12.6. The molecule has 2 aromatic rings. The van der Waals surface area contributed by atoms with Crippen molar-refractivity contribution in [3.05, 3.63) is 21.9 Å². The highest BCUT2D eigenvalue weighted by Crippen LogP contribution is 2.20. The number of aliphatic imine (C=N–C) groups is 1. The van der Waals surface area contributed by atoms with Gasteiger partial charge in [-0.1, -0.05) is 20.8 Å². The van der Waals surface area contributed by atoms with E-state index in [9.17, 15) is 0 Å². The van der Waals surface area contributed by atoms with Crippen molar-refractivity contribution in [1.82, 2.24) is 24.6 Å². The zero-order valence-corrected chi connectivity index (χ0v) is 20.3. The van der Waals surface area contributed by atoms with Gasteiger partial charge < -0.3 is 15.1 Å². The summed E-state index contributed by atoms with van der Waals surface area (Å²) >= 11 is 3.23. The Hall–Kier alpha value is -1.01. The predicted octanol–water partition coefficient (Wildman–Crippen LogP) is 3.20. The van der Waals surface area contributed by atoms with Crippen LogP contribution in [0.4, 0.5) is 5.13 Å². The number of nitrogens with one attached hydrogen (secondary N) is 1. The van der Waals surface area contributed by atoms with E-state index in [4.69, 9.17) is 0 Å². The van der Waals surface area contributed by atoms with Crippen LogP contribution in [-0.2, 0) is 13.0 Å². The highest BCUT2D eigenvalue weighted by Gasteiger charge is 2.22. The van der Waals surface area contributed by atoms with Crippen LogP contribution in [0.15, 0.2) is 10.4 Å². The quantitative estimate of drug-likeness (QED) is 0.371. The van der Waals surface area contributed by atoms with Gasteiger partial charge in [-0.25, -0.2) is 9.97 Å². The van der Waals surface area contributed by atoms with Gasteiger partial charge in [0.15, 0.2) is 5.96 Å². The number of aryl methyl sites for hydroxylation is 1. The van der Waals surface area contributed by atoms with Crippen molar-refractivity contribution in [3.63, 3.8) is 0 Å². The molecule has 1 aliphatic rings. The molecule has 0 saturated carbocycles. The highest BCUT2D eigenvalue weighted by molar-refractivity contribution is 14.0. The SMILES string of the molecule is CCc1nsc(N2CCN(C(=NC)NCc3csc(C(C)C)n3)CC2)n1.I. The normalized spacial score (nSPS) is 15.2. The molecule has 0 aromatic carbocycles. The Kier molecular flexibility index (Phi) is 8.67. The topological polar surface area (TPSA) is 69.5 Å². The lowest BCUT2D eigenvalue weighted by molar-refractivity contribution is 0.372. The number of hydrogen-bond acceptors (Lipinski definition) is 7. The molecule has 3 rings (SSSR count). The summed E-state index contributed by atoms with van der Waals surface area (Å²) in [5.74, 6) is 2.36. The lowest BCUT2D eigenvalue weighted by Crippen LogP contribution is -2.52. The second-order valence-electron chi connectivity index (χ2n) is 6.55. The van der Waals surface area contributed by atoms with Gasteiger partial charge in [0.05, 0.1) is 17.2 Å². The van der Waals surface area contributed by atoms with Crippen LogP contribution >= 0.6 is 46.8 Å². The summed E-state index contributed by atoms with van der Waals surface area (Å²) < 4.78 is 4.39. The van der Waals surface area contributed by atoms with Crippen molar-refractivity contribution in [3.8, 4) is 0 Å². The summed E-state index contributed by atoms with van der Waals surface area (Å²) in [6.45, 7) is 10.9. The Bertz CT molecular complexity index is 735. The Morgan fingerprint density at radius 2 is 2.00 bits per heavy atom. The number of halogens is 1. The molecule has 2 aromatic heterocycles. The lowest BCUT2D eigenvalue weighted by Gasteiger charge is -2.36. The number of thiazole rings is 1. The van der Waals surface area contributed by atoms with E-state index in [0.717, 1.165) is 55.2 Å². The van der Waals surface area contributed by atoms with Crippen molar-refractivity contribution in [2.75, 3.05) is 38.1 Å². The number of rotatable bonds is 5. The molecule has 3 heterocycles. The van der Waals surface area contributed by atoms with Crippen LogP contribution in [-0.4, -0.2) is 58.4 Å². The van der Waals surface area contributed by atoms with E-state index < -0.39 is 0 Å². The maximum atomic E-state index is 4.68. The third kappa shape index (κ3) is 5.74. The number of aromatic nitrogens is 3. The molecule has 27 heavy (non-hydrogen) atoms. The fraction of sp³-hybridized carbons (Fsp3) is 0.647. The summed E-state index contributed by atoms with van der Waals surface area (Å²) in [5, 5.41) is 7.81. The molecule has 1 fully saturated rings. The zero-order chi connectivity index (χ0) is 18.5. The Morgan fingerprint density at radius 1 is 1.26 bits per heavy atom. The van der Waals surface area contributed by atoms with E-state index in [1.165, 1.54) is 16.5 Å². The molecule has 7 nitrogen and oxygen atoms in total. The van der Waals surface area contributed by atoms with Gasteiger partial charge in [0.1, 0.15) is 5.82 Å². The Morgan fingerprint density at radius 3 is 2.56 bits per heavy atom. The molecule has 1 saturated heterocycles. The Balaban J connectivity index is 0.00000261. The Labute approximate surface area is 186 Å².